The molecule has 0 spiro atoms. The first-order valence-corrected chi connectivity index (χ1v) is 7.11. The van der Waals surface area contributed by atoms with Crippen LogP contribution in [-0.2, 0) is 6.42 Å². The molecule has 1 saturated heterocycles. The fraction of sp³-hybridized carbons (Fsp3) is 0.500. The molecule has 21 heavy (non-hydrogen) atoms. The molecule has 0 radical (unpaired) electrons. The molecule has 1 aliphatic rings. The van der Waals surface area contributed by atoms with Crippen LogP contribution >= 0.6 is 0 Å². The van der Waals surface area contributed by atoms with E-state index in [9.17, 15) is 4.79 Å². The number of fused-ring (bicyclic) bond motifs is 1. The predicted octanol–water partition coefficient (Wildman–Crippen LogP) is 0.217. The molecule has 2 aromatic rings. The molecule has 0 atom stereocenters. The average molecular weight is 289 g/mol. The van der Waals surface area contributed by atoms with Gasteiger partial charge in [-0.3, -0.25) is 0 Å². The van der Waals surface area contributed by atoms with Crippen LogP contribution in [0.15, 0.2) is 18.3 Å². The highest BCUT2D eigenvalue weighted by atomic mass is 16.4. The molecule has 0 aliphatic carbocycles. The molecule has 1 N–H and O–H groups in total. The van der Waals surface area contributed by atoms with Crippen molar-refractivity contribution in [3.8, 4) is 0 Å². The molecule has 7 heteroatoms. The lowest BCUT2D eigenvalue weighted by molar-refractivity contribution is 0.0697. The predicted molar refractivity (Wildman–Crippen MR) is 77.6 cm³/mol. The Morgan fingerprint density at radius 3 is 2.81 bits per heavy atom. The Balaban J connectivity index is 1.66. The summed E-state index contributed by atoms with van der Waals surface area (Å²) in [5.41, 5.74) is 0.823. The lowest BCUT2D eigenvalue weighted by Crippen LogP contribution is -2.45. The highest BCUT2D eigenvalue weighted by Crippen LogP contribution is 2.07. The number of piperazine rings is 1. The molecule has 0 unspecified atom stereocenters. The van der Waals surface area contributed by atoms with Crippen LogP contribution in [0.3, 0.4) is 0 Å². The summed E-state index contributed by atoms with van der Waals surface area (Å²) >= 11 is 0. The third kappa shape index (κ3) is 3.20. The zero-order valence-corrected chi connectivity index (χ0v) is 12.1. The molecule has 3 rings (SSSR count). The first-order valence-electron chi connectivity index (χ1n) is 7.11. The molecule has 0 saturated carbocycles. The van der Waals surface area contributed by atoms with Crippen molar-refractivity contribution < 1.29 is 9.90 Å². The second kappa shape index (κ2) is 5.79. The number of aromatic nitrogens is 3. The second-order valence-electron chi connectivity index (χ2n) is 5.45. The maximum Gasteiger partial charge on any atom is 0.335 e. The summed E-state index contributed by atoms with van der Waals surface area (Å²) in [6.45, 7) is 5.29. The SMILES string of the molecule is CN1CCN(CCc2nc3cc(C(=O)O)ccn3n2)CC1. The molecule has 112 valence electrons. The van der Waals surface area contributed by atoms with Gasteiger partial charge < -0.3 is 14.9 Å². The quantitative estimate of drug-likeness (QED) is 0.868. The summed E-state index contributed by atoms with van der Waals surface area (Å²) in [7, 11) is 2.14. The normalized spacial score (nSPS) is 17.4. The molecule has 7 nitrogen and oxygen atoms in total. The van der Waals surface area contributed by atoms with Gasteiger partial charge in [0.2, 0.25) is 0 Å². The van der Waals surface area contributed by atoms with Gasteiger partial charge in [-0.05, 0) is 19.2 Å². The van der Waals surface area contributed by atoms with E-state index in [0.717, 1.165) is 45.0 Å². The average Bonchev–Trinajstić information content (AvgIpc) is 2.88. The van der Waals surface area contributed by atoms with E-state index in [0.29, 0.717) is 5.65 Å². The van der Waals surface area contributed by atoms with Crippen molar-refractivity contribution in [2.24, 2.45) is 0 Å². The first kappa shape index (κ1) is 14.0. The minimum absolute atomic E-state index is 0.237. The molecular formula is C14H19N5O2. The molecular weight excluding hydrogens is 270 g/mol. The molecule has 0 bridgehead atoms. The fourth-order valence-corrected chi connectivity index (χ4v) is 2.50. The summed E-state index contributed by atoms with van der Waals surface area (Å²) < 4.78 is 1.63. The summed E-state index contributed by atoms with van der Waals surface area (Å²) in [4.78, 5) is 20.1. The summed E-state index contributed by atoms with van der Waals surface area (Å²) in [5.74, 6) is -0.184. The van der Waals surface area contributed by atoms with Gasteiger partial charge in [-0.25, -0.2) is 14.3 Å². The fourth-order valence-electron chi connectivity index (χ4n) is 2.50. The van der Waals surface area contributed by atoms with Gasteiger partial charge in [-0.15, -0.1) is 0 Å². The van der Waals surface area contributed by atoms with Crippen molar-refractivity contribution in [2.75, 3.05) is 39.8 Å². The highest BCUT2D eigenvalue weighted by molar-refractivity contribution is 5.88. The van der Waals surface area contributed by atoms with Crippen LogP contribution in [-0.4, -0.2) is 75.2 Å². The molecule has 2 aromatic heterocycles. The van der Waals surface area contributed by atoms with Gasteiger partial charge in [0.15, 0.2) is 11.5 Å². The third-order valence-electron chi connectivity index (χ3n) is 3.88. The third-order valence-corrected chi connectivity index (χ3v) is 3.88. The summed E-state index contributed by atoms with van der Waals surface area (Å²) in [6, 6.07) is 3.09. The Morgan fingerprint density at radius 1 is 1.33 bits per heavy atom. The minimum atomic E-state index is -0.945. The van der Waals surface area contributed by atoms with Gasteiger partial charge in [0, 0.05) is 45.3 Å². The lowest BCUT2D eigenvalue weighted by Gasteiger charge is -2.31. The second-order valence-corrected chi connectivity index (χ2v) is 5.45. The van der Waals surface area contributed by atoms with Crippen molar-refractivity contribution in [2.45, 2.75) is 6.42 Å². The van der Waals surface area contributed by atoms with E-state index in [4.69, 9.17) is 5.11 Å². The number of hydrogen-bond acceptors (Lipinski definition) is 5. The number of carboxylic acid groups (broad SMARTS) is 1. The van der Waals surface area contributed by atoms with E-state index in [2.05, 4.69) is 26.9 Å². The van der Waals surface area contributed by atoms with E-state index >= 15 is 0 Å². The monoisotopic (exact) mass is 289 g/mol. The number of nitrogens with zero attached hydrogens (tertiary/aromatic N) is 5. The van der Waals surface area contributed by atoms with E-state index in [1.54, 1.807) is 16.8 Å². The zero-order valence-electron chi connectivity index (χ0n) is 12.1. The highest BCUT2D eigenvalue weighted by Gasteiger charge is 2.14. The molecule has 1 fully saturated rings. The zero-order chi connectivity index (χ0) is 14.8. The molecule has 0 aromatic carbocycles. The van der Waals surface area contributed by atoms with Crippen LogP contribution in [0.5, 0.6) is 0 Å². The Kier molecular flexibility index (Phi) is 3.85. The number of carboxylic acids is 1. The largest absolute Gasteiger partial charge is 0.478 e. The number of rotatable bonds is 4. The van der Waals surface area contributed by atoms with E-state index in [1.807, 2.05) is 0 Å². The first-order chi connectivity index (χ1) is 10.1. The Morgan fingerprint density at radius 2 is 2.10 bits per heavy atom. The van der Waals surface area contributed by atoms with E-state index in [1.165, 1.54) is 6.07 Å². The van der Waals surface area contributed by atoms with Crippen molar-refractivity contribution in [1.82, 2.24) is 24.4 Å². The number of pyridine rings is 1. The lowest BCUT2D eigenvalue weighted by atomic mass is 10.3. The van der Waals surface area contributed by atoms with Gasteiger partial charge >= 0.3 is 5.97 Å². The number of carbonyl (C=O) groups is 1. The molecule has 0 amide bonds. The smallest absolute Gasteiger partial charge is 0.335 e. The Hall–Kier alpha value is -1.99. The van der Waals surface area contributed by atoms with Crippen LogP contribution < -0.4 is 0 Å². The standard InChI is InChI=1S/C14H19N5O2/c1-17-6-8-18(9-7-17)4-3-12-15-13-10-11(14(20)21)2-5-19(13)16-12/h2,5,10H,3-4,6-9H2,1H3,(H,20,21). The Bertz CT molecular complexity index is 646. The summed E-state index contributed by atoms with van der Waals surface area (Å²) in [5, 5.41) is 13.4. The van der Waals surface area contributed by atoms with Crippen LogP contribution in [0.25, 0.3) is 5.65 Å². The maximum absolute atomic E-state index is 10.9. The van der Waals surface area contributed by atoms with Gasteiger partial charge in [-0.2, -0.15) is 5.10 Å². The summed E-state index contributed by atoms with van der Waals surface area (Å²) in [6.07, 6.45) is 2.43. The van der Waals surface area contributed by atoms with E-state index in [-0.39, 0.29) is 5.56 Å². The van der Waals surface area contributed by atoms with Gasteiger partial charge in [-0.1, -0.05) is 0 Å². The van der Waals surface area contributed by atoms with Gasteiger partial charge in [0.05, 0.1) is 5.56 Å². The molecule has 3 heterocycles. The number of likely N-dealkylation sites (N-methyl/N-ethyl adjacent to an activating group) is 1. The van der Waals surface area contributed by atoms with Crippen LogP contribution in [0, 0.1) is 0 Å². The Labute approximate surface area is 122 Å². The minimum Gasteiger partial charge on any atom is -0.478 e. The van der Waals surface area contributed by atoms with Crippen molar-refractivity contribution >= 4 is 11.6 Å². The van der Waals surface area contributed by atoms with Crippen LogP contribution in [0.4, 0.5) is 0 Å². The van der Waals surface area contributed by atoms with Crippen molar-refractivity contribution in [3.05, 3.63) is 29.7 Å². The maximum atomic E-state index is 10.9. The molecule has 1 aliphatic heterocycles. The van der Waals surface area contributed by atoms with Gasteiger partial charge in [0.25, 0.3) is 0 Å². The van der Waals surface area contributed by atoms with Gasteiger partial charge in [0.1, 0.15) is 0 Å². The van der Waals surface area contributed by atoms with Crippen LogP contribution in [0.2, 0.25) is 0 Å². The number of hydrogen-bond donors (Lipinski definition) is 1. The van der Waals surface area contributed by atoms with E-state index < -0.39 is 5.97 Å². The topological polar surface area (TPSA) is 74.0 Å². The number of aromatic carboxylic acids is 1. The van der Waals surface area contributed by atoms with Crippen LogP contribution in [0.1, 0.15) is 16.2 Å². The van der Waals surface area contributed by atoms with Crippen molar-refractivity contribution in [1.29, 1.82) is 0 Å². The van der Waals surface area contributed by atoms with Crippen molar-refractivity contribution in [3.63, 3.8) is 0 Å².